The van der Waals surface area contributed by atoms with Gasteiger partial charge in [-0.15, -0.1) is 0 Å². The van der Waals surface area contributed by atoms with Gasteiger partial charge < -0.3 is 25.4 Å². The van der Waals surface area contributed by atoms with E-state index in [-0.39, 0.29) is 22.3 Å². The number of carboxylic acid groups (broad SMARTS) is 1. The number of aliphatic carboxylic acids is 1. The zero-order valence-corrected chi connectivity index (χ0v) is 26.6. The number of benzene rings is 3. The summed E-state index contributed by atoms with van der Waals surface area (Å²) in [6.45, 7) is 5.30. The number of rotatable bonds is 12. The van der Waals surface area contributed by atoms with Crippen molar-refractivity contribution < 1.29 is 41.4 Å². The Morgan fingerprint density at radius 1 is 0.957 bits per heavy atom. The van der Waals surface area contributed by atoms with E-state index < -0.39 is 28.3 Å². The lowest BCUT2D eigenvalue weighted by molar-refractivity contribution is -0.192. The summed E-state index contributed by atoms with van der Waals surface area (Å²) >= 11 is 0. The summed E-state index contributed by atoms with van der Waals surface area (Å²) in [4.78, 5) is 21.2. The number of aliphatic hydroxyl groups excluding tert-OH is 1. The molecule has 252 valence electrons. The first-order valence-corrected chi connectivity index (χ1v) is 16.3. The summed E-state index contributed by atoms with van der Waals surface area (Å²) < 4.78 is 61.9. The summed E-state index contributed by atoms with van der Waals surface area (Å²) in [7, 11) is -3.71. The molecular weight excluding hydrogens is 637 g/mol. The highest BCUT2D eigenvalue weighted by atomic mass is 32.2. The first kappa shape index (κ1) is 35.5. The van der Waals surface area contributed by atoms with Crippen molar-refractivity contribution in [1.82, 2.24) is 9.88 Å². The monoisotopic (exact) mass is 674 g/mol. The van der Waals surface area contributed by atoms with E-state index in [1.807, 2.05) is 18.2 Å². The van der Waals surface area contributed by atoms with Gasteiger partial charge in [0.25, 0.3) is 10.0 Å². The minimum atomic E-state index is -5.08. The molecule has 1 heterocycles. The van der Waals surface area contributed by atoms with Crippen molar-refractivity contribution in [3.63, 3.8) is 0 Å². The Hall–Kier alpha value is -4.40. The molecule has 4 aromatic rings. The number of fused-ring (bicyclic) bond motifs is 1. The second-order valence-electron chi connectivity index (χ2n) is 11.9. The standard InChI is InChI=1S/C31H36N4O4S.C2HF3O2/c1-31(2,16-18-35-17-15-23-19-25(13-14-28(23)35)33-30(37)22-11-12-22)32-21-29(36)24-7-6-8-26(20-24)34-40(38,39)27-9-4-3-5-10-27;3-2(4,5)1(6)7/h3-10,13-15,17,19-20,22,29,32,34,36H,11-12,16,18,21H2,1-2H3,(H,33,37);(H,6,7)/t29-;/m0./s1. The van der Waals surface area contributed by atoms with Gasteiger partial charge in [-0.1, -0.05) is 30.3 Å². The number of sulfonamides is 1. The lowest BCUT2D eigenvalue weighted by Crippen LogP contribution is -2.42. The molecule has 0 radical (unpaired) electrons. The van der Waals surface area contributed by atoms with Crippen LogP contribution < -0.4 is 15.4 Å². The van der Waals surface area contributed by atoms with Gasteiger partial charge in [-0.3, -0.25) is 9.52 Å². The van der Waals surface area contributed by atoms with E-state index in [4.69, 9.17) is 9.90 Å². The Morgan fingerprint density at radius 3 is 2.28 bits per heavy atom. The fourth-order valence-corrected chi connectivity index (χ4v) is 5.74. The quantitative estimate of drug-likeness (QED) is 0.125. The Morgan fingerprint density at radius 2 is 1.64 bits per heavy atom. The van der Waals surface area contributed by atoms with Crippen LogP contribution in [-0.2, 0) is 26.2 Å². The molecule has 0 spiro atoms. The van der Waals surface area contributed by atoms with Crippen molar-refractivity contribution in [3.8, 4) is 0 Å². The summed E-state index contributed by atoms with van der Waals surface area (Å²) in [6.07, 6.45) is -1.05. The molecule has 14 heteroatoms. The predicted molar refractivity (Wildman–Crippen MR) is 172 cm³/mol. The SMILES string of the molecule is CC(C)(CCn1ccc2cc(NC(=O)C3CC3)ccc21)NC[C@H](O)c1cccc(NS(=O)(=O)c2ccccc2)c1.O=C(O)C(F)(F)F. The van der Waals surface area contributed by atoms with E-state index in [9.17, 15) is 31.5 Å². The number of hydrogen-bond donors (Lipinski definition) is 5. The number of β-amino-alcohol motifs (C(OH)–C–C–N with tert-alkyl or cyclic N) is 1. The normalized spacial score (nSPS) is 14.2. The van der Waals surface area contributed by atoms with Gasteiger partial charge in [-0.05, 0) is 87.2 Å². The Labute approximate surface area is 270 Å². The second-order valence-corrected chi connectivity index (χ2v) is 13.6. The molecule has 1 aliphatic rings. The molecule has 0 saturated heterocycles. The fraction of sp³-hybridized carbons (Fsp3) is 0.333. The minimum absolute atomic E-state index is 0.106. The van der Waals surface area contributed by atoms with Crippen molar-refractivity contribution >= 4 is 44.2 Å². The van der Waals surface area contributed by atoms with Crippen LogP contribution in [-0.4, -0.2) is 53.3 Å². The van der Waals surface area contributed by atoms with E-state index in [2.05, 4.69) is 46.0 Å². The van der Waals surface area contributed by atoms with Crippen molar-refractivity contribution in [3.05, 3.63) is 90.6 Å². The van der Waals surface area contributed by atoms with Gasteiger partial charge in [-0.25, -0.2) is 13.2 Å². The van der Waals surface area contributed by atoms with Gasteiger partial charge in [-0.2, -0.15) is 13.2 Å². The van der Waals surface area contributed by atoms with Crippen LogP contribution in [0.3, 0.4) is 0 Å². The van der Waals surface area contributed by atoms with Crippen LogP contribution in [0, 0.1) is 5.92 Å². The first-order chi connectivity index (χ1) is 22.0. The number of aliphatic hydroxyl groups is 1. The number of aryl methyl sites for hydroxylation is 1. The van der Waals surface area contributed by atoms with Crippen LogP contribution in [0.2, 0.25) is 0 Å². The average Bonchev–Trinajstić information content (AvgIpc) is 3.80. The number of nitrogens with one attached hydrogen (secondary N) is 3. The molecule has 5 rings (SSSR count). The van der Waals surface area contributed by atoms with Crippen molar-refractivity contribution in [2.45, 2.75) is 62.4 Å². The average molecular weight is 675 g/mol. The van der Waals surface area contributed by atoms with E-state index in [0.29, 0.717) is 17.8 Å². The molecule has 10 nitrogen and oxygen atoms in total. The maximum Gasteiger partial charge on any atom is 0.490 e. The molecule has 1 atom stereocenters. The maximum atomic E-state index is 12.7. The molecule has 1 saturated carbocycles. The third-order valence-corrected chi connectivity index (χ3v) is 8.96. The number of halogens is 3. The molecule has 1 aromatic heterocycles. The molecule has 1 fully saturated rings. The highest BCUT2D eigenvalue weighted by molar-refractivity contribution is 7.92. The van der Waals surface area contributed by atoms with Gasteiger partial charge in [0.1, 0.15) is 0 Å². The summed E-state index contributed by atoms with van der Waals surface area (Å²) in [6, 6.07) is 23.1. The number of carboxylic acids is 1. The second kappa shape index (κ2) is 14.6. The van der Waals surface area contributed by atoms with Gasteiger partial charge >= 0.3 is 12.1 Å². The predicted octanol–water partition coefficient (Wildman–Crippen LogP) is 5.92. The van der Waals surface area contributed by atoms with Crippen molar-refractivity contribution in [2.24, 2.45) is 5.92 Å². The number of hydrogen-bond acceptors (Lipinski definition) is 6. The van der Waals surface area contributed by atoms with Crippen LogP contribution in [0.4, 0.5) is 24.5 Å². The number of aromatic nitrogens is 1. The summed E-state index contributed by atoms with van der Waals surface area (Å²) in [5.41, 5.74) is 2.69. The highest BCUT2D eigenvalue weighted by Crippen LogP contribution is 2.31. The zero-order chi connectivity index (χ0) is 34.4. The number of anilines is 2. The number of alkyl halides is 3. The van der Waals surface area contributed by atoms with E-state index in [0.717, 1.165) is 42.4 Å². The number of amides is 1. The molecule has 47 heavy (non-hydrogen) atoms. The lowest BCUT2D eigenvalue weighted by Gasteiger charge is -2.28. The molecule has 1 amide bonds. The van der Waals surface area contributed by atoms with Gasteiger partial charge in [0.15, 0.2) is 0 Å². The fourth-order valence-electron chi connectivity index (χ4n) is 4.67. The minimum Gasteiger partial charge on any atom is -0.475 e. The number of carbonyl (C=O) groups excluding carboxylic acids is 1. The summed E-state index contributed by atoms with van der Waals surface area (Å²) in [5.74, 6) is -2.48. The zero-order valence-electron chi connectivity index (χ0n) is 25.8. The van der Waals surface area contributed by atoms with E-state index >= 15 is 0 Å². The van der Waals surface area contributed by atoms with E-state index in [1.165, 1.54) is 12.1 Å². The number of nitrogens with zero attached hydrogens (tertiary/aromatic N) is 1. The third kappa shape index (κ3) is 10.3. The maximum absolute atomic E-state index is 12.7. The number of carbonyl (C=O) groups is 2. The lowest BCUT2D eigenvalue weighted by atomic mass is 9.99. The topological polar surface area (TPSA) is 150 Å². The van der Waals surface area contributed by atoms with Crippen LogP contribution in [0.15, 0.2) is 90.0 Å². The molecule has 0 bridgehead atoms. The molecule has 0 unspecified atom stereocenters. The highest BCUT2D eigenvalue weighted by Gasteiger charge is 2.38. The molecular formula is C33H37F3N4O6S. The van der Waals surface area contributed by atoms with Crippen LogP contribution >= 0.6 is 0 Å². The smallest absolute Gasteiger partial charge is 0.475 e. The Balaban J connectivity index is 0.000000644. The van der Waals surface area contributed by atoms with Crippen LogP contribution in [0.25, 0.3) is 10.9 Å². The van der Waals surface area contributed by atoms with Gasteiger partial charge in [0, 0.05) is 53.0 Å². The van der Waals surface area contributed by atoms with Crippen LogP contribution in [0.1, 0.15) is 44.8 Å². The molecule has 1 aliphatic carbocycles. The third-order valence-electron chi connectivity index (χ3n) is 7.56. The molecule has 0 aliphatic heterocycles. The van der Waals surface area contributed by atoms with Gasteiger partial charge in [0.2, 0.25) is 5.91 Å². The first-order valence-electron chi connectivity index (χ1n) is 14.8. The molecule has 3 aromatic carbocycles. The van der Waals surface area contributed by atoms with Gasteiger partial charge in [0.05, 0.1) is 11.0 Å². The van der Waals surface area contributed by atoms with Crippen molar-refractivity contribution in [1.29, 1.82) is 0 Å². The largest absolute Gasteiger partial charge is 0.490 e. The van der Waals surface area contributed by atoms with Crippen molar-refractivity contribution in [2.75, 3.05) is 16.6 Å². The van der Waals surface area contributed by atoms with Crippen LogP contribution in [0.5, 0.6) is 0 Å². The Kier molecular flexibility index (Phi) is 11.0. The van der Waals surface area contributed by atoms with E-state index in [1.54, 1.807) is 42.5 Å². The Bertz CT molecular complexity index is 1810. The molecule has 5 N–H and O–H groups in total. The summed E-state index contributed by atoms with van der Waals surface area (Å²) in [5, 5.41) is 25.5.